The van der Waals surface area contributed by atoms with Crippen molar-refractivity contribution >= 4 is 5.96 Å². The van der Waals surface area contributed by atoms with E-state index in [0.29, 0.717) is 5.92 Å². The summed E-state index contributed by atoms with van der Waals surface area (Å²) in [5, 5.41) is 7.68. The molecular formula is C17H25N5. The Morgan fingerprint density at radius 1 is 1.32 bits per heavy atom. The van der Waals surface area contributed by atoms with Crippen molar-refractivity contribution in [3.8, 4) is 0 Å². The van der Waals surface area contributed by atoms with Gasteiger partial charge in [-0.1, -0.05) is 37.3 Å². The molecule has 2 aromatic rings. The molecule has 5 heteroatoms. The molecule has 0 saturated carbocycles. The van der Waals surface area contributed by atoms with Crippen LogP contribution in [0.15, 0.2) is 53.8 Å². The Hall–Kier alpha value is -2.30. The molecule has 0 amide bonds. The normalized spacial score (nSPS) is 13.0. The zero-order chi connectivity index (χ0) is 15.8. The SMILES string of the molecule is CN=C(NCC(C)Cn1cccn1)N(C)Cc1ccccc1. The predicted molar refractivity (Wildman–Crippen MR) is 90.7 cm³/mol. The van der Waals surface area contributed by atoms with E-state index in [0.717, 1.165) is 25.6 Å². The third kappa shape index (κ3) is 4.91. The first-order chi connectivity index (χ1) is 10.7. The van der Waals surface area contributed by atoms with Crippen molar-refractivity contribution in [2.75, 3.05) is 20.6 Å². The molecule has 1 aromatic heterocycles. The average Bonchev–Trinajstić information content (AvgIpc) is 3.01. The van der Waals surface area contributed by atoms with Gasteiger partial charge < -0.3 is 10.2 Å². The Morgan fingerprint density at radius 3 is 2.73 bits per heavy atom. The smallest absolute Gasteiger partial charge is 0.193 e. The standard InChI is InChI=1S/C17H25N5/c1-15(13-22-11-7-10-20-22)12-19-17(18-2)21(3)14-16-8-5-4-6-9-16/h4-11,15H,12-14H2,1-3H3,(H,18,19). The van der Waals surface area contributed by atoms with Gasteiger partial charge in [-0.15, -0.1) is 0 Å². The minimum absolute atomic E-state index is 0.474. The molecule has 0 aliphatic heterocycles. The molecular weight excluding hydrogens is 274 g/mol. The van der Waals surface area contributed by atoms with E-state index < -0.39 is 0 Å². The Bertz CT molecular complexity index is 562. The van der Waals surface area contributed by atoms with Crippen molar-refractivity contribution < 1.29 is 0 Å². The molecule has 2 rings (SSSR count). The number of guanidine groups is 1. The van der Waals surface area contributed by atoms with Crippen LogP contribution >= 0.6 is 0 Å². The van der Waals surface area contributed by atoms with Crippen LogP contribution in [0.1, 0.15) is 12.5 Å². The second-order valence-electron chi connectivity index (χ2n) is 5.60. The van der Waals surface area contributed by atoms with E-state index in [9.17, 15) is 0 Å². The summed E-state index contributed by atoms with van der Waals surface area (Å²) in [6.45, 7) is 4.82. The number of nitrogens with one attached hydrogen (secondary N) is 1. The largest absolute Gasteiger partial charge is 0.356 e. The summed E-state index contributed by atoms with van der Waals surface area (Å²) in [5.41, 5.74) is 1.28. The summed E-state index contributed by atoms with van der Waals surface area (Å²) in [7, 11) is 3.88. The number of benzene rings is 1. The van der Waals surface area contributed by atoms with E-state index in [-0.39, 0.29) is 0 Å². The fourth-order valence-electron chi connectivity index (χ4n) is 2.37. The lowest BCUT2D eigenvalue weighted by Gasteiger charge is -2.23. The molecule has 0 saturated heterocycles. The second-order valence-corrected chi connectivity index (χ2v) is 5.60. The van der Waals surface area contributed by atoms with Gasteiger partial charge in [0.2, 0.25) is 0 Å². The predicted octanol–water partition coefficient (Wildman–Crippen LogP) is 2.23. The highest BCUT2D eigenvalue weighted by molar-refractivity contribution is 5.79. The molecule has 1 atom stereocenters. The third-order valence-electron chi connectivity index (χ3n) is 3.50. The van der Waals surface area contributed by atoms with Crippen LogP contribution < -0.4 is 5.32 Å². The first kappa shape index (κ1) is 16.1. The number of nitrogens with zero attached hydrogens (tertiary/aromatic N) is 4. The summed E-state index contributed by atoms with van der Waals surface area (Å²) in [6, 6.07) is 12.4. The van der Waals surface area contributed by atoms with Crippen molar-refractivity contribution in [2.24, 2.45) is 10.9 Å². The summed E-state index contributed by atoms with van der Waals surface area (Å²) in [5.74, 6) is 1.39. The molecule has 0 radical (unpaired) electrons. The molecule has 1 unspecified atom stereocenters. The Labute approximate surface area is 132 Å². The average molecular weight is 299 g/mol. The van der Waals surface area contributed by atoms with Crippen molar-refractivity contribution in [2.45, 2.75) is 20.0 Å². The van der Waals surface area contributed by atoms with Gasteiger partial charge in [0.15, 0.2) is 5.96 Å². The van der Waals surface area contributed by atoms with E-state index >= 15 is 0 Å². The zero-order valence-corrected chi connectivity index (χ0v) is 13.6. The van der Waals surface area contributed by atoms with Crippen LogP contribution in [0.5, 0.6) is 0 Å². The van der Waals surface area contributed by atoms with E-state index in [4.69, 9.17) is 0 Å². The number of rotatable bonds is 6. The molecule has 118 valence electrons. The summed E-state index contributed by atoms with van der Waals surface area (Å²) in [4.78, 5) is 6.50. The van der Waals surface area contributed by atoms with E-state index in [1.807, 2.05) is 36.3 Å². The second kappa shape index (κ2) is 8.22. The monoisotopic (exact) mass is 299 g/mol. The number of hydrogen-bond acceptors (Lipinski definition) is 2. The summed E-state index contributed by atoms with van der Waals surface area (Å²) < 4.78 is 1.96. The molecule has 5 nitrogen and oxygen atoms in total. The number of hydrogen-bond donors (Lipinski definition) is 1. The quantitative estimate of drug-likeness (QED) is 0.657. The van der Waals surface area contributed by atoms with E-state index in [1.54, 1.807) is 0 Å². The maximum atomic E-state index is 4.36. The maximum Gasteiger partial charge on any atom is 0.193 e. The highest BCUT2D eigenvalue weighted by Gasteiger charge is 2.09. The zero-order valence-electron chi connectivity index (χ0n) is 13.6. The van der Waals surface area contributed by atoms with Gasteiger partial charge >= 0.3 is 0 Å². The lowest BCUT2D eigenvalue weighted by molar-refractivity contribution is 0.423. The molecule has 0 aliphatic rings. The fraction of sp³-hybridized carbons (Fsp3) is 0.412. The van der Waals surface area contributed by atoms with Gasteiger partial charge in [0.1, 0.15) is 0 Å². The van der Waals surface area contributed by atoms with Gasteiger partial charge in [-0.25, -0.2) is 0 Å². The first-order valence-electron chi connectivity index (χ1n) is 7.62. The molecule has 0 spiro atoms. The van der Waals surface area contributed by atoms with Gasteiger partial charge in [0.25, 0.3) is 0 Å². The van der Waals surface area contributed by atoms with E-state index in [1.165, 1.54) is 5.56 Å². The van der Waals surface area contributed by atoms with Gasteiger partial charge in [-0.3, -0.25) is 9.67 Å². The third-order valence-corrected chi connectivity index (χ3v) is 3.50. The molecule has 1 N–H and O–H groups in total. The topological polar surface area (TPSA) is 45.5 Å². The molecule has 0 aliphatic carbocycles. The van der Waals surface area contributed by atoms with Crippen LogP contribution in [0.2, 0.25) is 0 Å². The van der Waals surface area contributed by atoms with Gasteiger partial charge in [-0.2, -0.15) is 5.10 Å². The highest BCUT2D eigenvalue weighted by atomic mass is 15.3. The summed E-state index contributed by atoms with van der Waals surface area (Å²) >= 11 is 0. The first-order valence-corrected chi connectivity index (χ1v) is 7.62. The van der Waals surface area contributed by atoms with Gasteiger partial charge in [-0.05, 0) is 17.5 Å². The highest BCUT2D eigenvalue weighted by Crippen LogP contribution is 2.03. The van der Waals surface area contributed by atoms with Gasteiger partial charge in [0.05, 0.1) is 0 Å². The van der Waals surface area contributed by atoms with Crippen LogP contribution in [0.4, 0.5) is 0 Å². The fourth-order valence-corrected chi connectivity index (χ4v) is 2.37. The lowest BCUT2D eigenvalue weighted by Crippen LogP contribution is -2.40. The Balaban J connectivity index is 1.81. The lowest BCUT2D eigenvalue weighted by atomic mass is 10.2. The molecule has 0 bridgehead atoms. The van der Waals surface area contributed by atoms with Gasteiger partial charge in [0, 0.05) is 46.1 Å². The van der Waals surface area contributed by atoms with Crippen molar-refractivity contribution in [3.05, 3.63) is 54.4 Å². The maximum absolute atomic E-state index is 4.36. The molecule has 22 heavy (non-hydrogen) atoms. The van der Waals surface area contributed by atoms with Crippen LogP contribution in [-0.4, -0.2) is 41.3 Å². The molecule has 1 aromatic carbocycles. The molecule has 1 heterocycles. The van der Waals surface area contributed by atoms with E-state index in [2.05, 4.69) is 58.5 Å². The van der Waals surface area contributed by atoms with Crippen molar-refractivity contribution in [1.29, 1.82) is 0 Å². The van der Waals surface area contributed by atoms with Crippen LogP contribution in [0, 0.1) is 5.92 Å². The van der Waals surface area contributed by atoms with Crippen LogP contribution in [0.3, 0.4) is 0 Å². The number of aromatic nitrogens is 2. The summed E-state index contributed by atoms with van der Waals surface area (Å²) in [6.07, 6.45) is 3.81. The van der Waals surface area contributed by atoms with Crippen LogP contribution in [-0.2, 0) is 13.1 Å². The van der Waals surface area contributed by atoms with Crippen molar-refractivity contribution in [1.82, 2.24) is 20.0 Å². The Morgan fingerprint density at radius 2 is 2.09 bits per heavy atom. The minimum Gasteiger partial charge on any atom is -0.356 e. The molecule has 0 fully saturated rings. The van der Waals surface area contributed by atoms with Crippen LogP contribution in [0.25, 0.3) is 0 Å². The number of aliphatic imine (C=N–C) groups is 1. The Kier molecular flexibility index (Phi) is 6.01. The van der Waals surface area contributed by atoms with Crippen molar-refractivity contribution in [3.63, 3.8) is 0 Å². The minimum atomic E-state index is 0.474.